The molecule has 2 nitrogen and oxygen atoms in total. The van der Waals surface area contributed by atoms with Crippen LogP contribution in [-0.4, -0.2) is 23.9 Å². The van der Waals surface area contributed by atoms with Crippen LogP contribution in [0.3, 0.4) is 0 Å². The van der Waals surface area contributed by atoms with Crippen molar-refractivity contribution in [3.63, 3.8) is 0 Å². The number of amides is 1. The molecule has 1 fully saturated rings. The molecule has 1 saturated carbocycles. The van der Waals surface area contributed by atoms with E-state index in [9.17, 15) is 9.18 Å². The molecular weight excluding hydrogens is 309 g/mol. The highest BCUT2D eigenvalue weighted by molar-refractivity contribution is 9.10. The lowest BCUT2D eigenvalue weighted by Gasteiger charge is -2.27. The predicted molar refractivity (Wildman–Crippen MR) is 77.7 cm³/mol. The number of rotatable bonds is 2. The van der Waals surface area contributed by atoms with Gasteiger partial charge in [-0.25, -0.2) is 4.39 Å². The fraction of sp³-hybridized carbons (Fsp3) is 0.533. The number of nitrogens with zero attached hydrogens (tertiary/aromatic N) is 1. The maximum absolute atomic E-state index is 13.2. The number of hydrogen-bond acceptors (Lipinski definition) is 1. The monoisotopic (exact) mass is 327 g/mol. The molecule has 0 heterocycles. The molecule has 1 amide bonds. The summed E-state index contributed by atoms with van der Waals surface area (Å²) in [7, 11) is 1.86. The quantitative estimate of drug-likeness (QED) is 0.738. The molecular formula is C15H19BrFNO. The number of benzene rings is 1. The minimum atomic E-state index is -0.339. The Morgan fingerprint density at radius 1 is 1.26 bits per heavy atom. The largest absolute Gasteiger partial charge is 0.339 e. The average molecular weight is 328 g/mol. The number of hydrogen-bond donors (Lipinski definition) is 0. The van der Waals surface area contributed by atoms with Gasteiger partial charge in [-0.1, -0.05) is 25.7 Å². The molecule has 0 bridgehead atoms. The second-order valence-electron chi connectivity index (χ2n) is 5.19. The third kappa shape index (κ3) is 3.56. The Balaban J connectivity index is 2.10. The van der Waals surface area contributed by atoms with Crippen LogP contribution < -0.4 is 0 Å². The van der Waals surface area contributed by atoms with Gasteiger partial charge in [0.15, 0.2) is 0 Å². The zero-order valence-corrected chi connectivity index (χ0v) is 12.7. The molecule has 4 heteroatoms. The van der Waals surface area contributed by atoms with E-state index < -0.39 is 0 Å². The van der Waals surface area contributed by atoms with E-state index in [2.05, 4.69) is 15.9 Å². The van der Waals surface area contributed by atoms with Crippen LogP contribution in [0.15, 0.2) is 22.7 Å². The number of carbonyl (C=O) groups is 1. The maximum Gasteiger partial charge on any atom is 0.253 e. The van der Waals surface area contributed by atoms with E-state index in [1.165, 1.54) is 31.7 Å². The average Bonchev–Trinajstić information content (AvgIpc) is 2.69. The minimum Gasteiger partial charge on any atom is -0.339 e. The summed E-state index contributed by atoms with van der Waals surface area (Å²) >= 11 is 3.13. The molecule has 19 heavy (non-hydrogen) atoms. The molecule has 0 aliphatic heterocycles. The van der Waals surface area contributed by atoms with Gasteiger partial charge in [0.2, 0.25) is 0 Å². The molecule has 0 spiro atoms. The zero-order chi connectivity index (χ0) is 13.8. The summed E-state index contributed by atoms with van der Waals surface area (Å²) in [5.74, 6) is -0.360. The van der Waals surface area contributed by atoms with Crippen LogP contribution in [0.4, 0.5) is 4.39 Å². The predicted octanol–water partition coefficient (Wildman–Crippen LogP) is 4.38. The van der Waals surface area contributed by atoms with Crippen LogP contribution in [0, 0.1) is 5.82 Å². The maximum atomic E-state index is 13.2. The van der Waals surface area contributed by atoms with Gasteiger partial charge in [-0.15, -0.1) is 0 Å². The Kier molecular flexibility index (Phi) is 4.97. The lowest BCUT2D eigenvalue weighted by Crippen LogP contribution is -2.36. The van der Waals surface area contributed by atoms with E-state index in [0.29, 0.717) is 16.1 Å². The van der Waals surface area contributed by atoms with E-state index in [1.807, 2.05) is 11.9 Å². The second-order valence-corrected chi connectivity index (χ2v) is 6.04. The molecule has 1 aliphatic carbocycles. The summed E-state index contributed by atoms with van der Waals surface area (Å²) in [5.41, 5.74) is 0.542. The van der Waals surface area contributed by atoms with Crippen molar-refractivity contribution < 1.29 is 9.18 Å². The lowest BCUT2D eigenvalue weighted by atomic mass is 10.1. The Labute approximate surface area is 122 Å². The standard InChI is InChI=1S/C15H19BrFNO/c1-18(12-6-4-2-3-5-7-12)15(19)11-8-9-14(17)13(16)10-11/h8-10,12H,2-7H2,1H3. The Hall–Kier alpha value is -0.900. The molecule has 0 N–H and O–H groups in total. The van der Waals surface area contributed by atoms with Crippen LogP contribution in [-0.2, 0) is 0 Å². The van der Waals surface area contributed by atoms with Crippen molar-refractivity contribution >= 4 is 21.8 Å². The van der Waals surface area contributed by atoms with Gasteiger partial charge in [0.05, 0.1) is 4.47 Å². The molecule has 2 rings (SSSR count). The fourth-order valence-electron chi connectivity index (χ4n) is 2.64. The van der Waals surface area contributed by atoms with E-state index >= 15 is 0 Å². The third-order valence-electron chi connectivity index (χ3n) is 3.86. The molecule has 0 atom stereocenters. The smallest absolute Gasteiger partial charge is 0.253 e. The SMILES string of the molecule is CN(C(=O)c1ccc(F)c(Br)c1)C1CCCCCC1. The molecule has 0 unspecified atom stereocenters. The fourth-order valence-corrected chi connectivity index (χ4v) is 3.02. The van der Waals surface area contributed by atoms with Crippen LogP contribution in [0.2, 0.25) is 0 Å². The Morgan fingerprint density at radius 3 is 2.47 bits per heavy atom. The Morgan fingerprint density at radius 2 is 1.89 bits per heavy atom. The number of carbonyl (C=O) groups excluding carboxylic acids is 1. The summed E-state index contributed by atoms with van der Waals surface area (Å²) in [5, 5.41) is 0. The first-order valence-corrected chi connectivity index (χ1v) is 7.61. The molecule has 104 valence electrons. The van der Waals surface area contributed by atoms with Crippen molar-refractivity contribution in [2.75, 3.05) is 7.05 Å². The van der Waals surface area contributed by atoms with Crippen molar-refractivity contribution in [2.24, 2.45) is 0 Å². The minimum absolute atomic E-state index is 0.0207. The third-order valence-corrected chi connectivity index (χ3v) is 4.47. The highest BCUT2D eigenvalue weighted by Gasteiger charge is 2.22. The molecule has 0 saturated heterocycles. The highest BCUT2D eigenvalue weighted by Crippen LogP contribution is 2.23. The molecule has 0 aromatic heterocycles. The van der Waals surface area contributed by atoms with Crippen molar-refractivity contribution in [1.29, 1.82) is 0 Å². The second kappa shape index (κ2) is 6.51. The summed E-state index contributed by atoms with van der Waals surface area (Å²) in [6, 6.07) is 4.76. The van der Waals surface area contributed by atoms with Gasteiger partial charge in [0.1, 0.15) is 5.82 Å². The normalized spacial score (nSPS) is 17.0. The van der Waals surface area contributed by atoms with Gasteiger partial charge in [-0.3, -0.25) is 4.79 Å². The van der Waals surface area contributed by atoms with Crippen LogP contribution >= 0.6 is 15.9 Å². The lowest BCUT2D eigenvalue weighted by molar-refractivity contribution is 0.0717. The van der Waals surface area contributed by atoms with Gasteiger partial charge >= 0.3 is 0 Å². The van der Waals surface area contributed by atoms with E-state index in [-0.39, 0.29) is 11.7 Å². The first-order valence-electron chi connectivity index (χ1n) is 6.82. The van der Waals surface area contributed by atoms with Gasteiger partial charge in [0.25, 0.3) is 5.91 Å². The zero-order valence-electron chi connectivity index (χ0n) is 11.2. The van der Waals surface area contributed by atoms with Crippen LogP contribution in [0.1, 0.15) is 48.9 Å². The Bertz CT molecular complexity index is 455. The summed E-state index contributed by atoms with van der Waals surface area (Å²) in [6.07, 6.45) is 7.06. The van der Waals surface area contributed by atoms with Crippen molar-refractivity contribution in [2.45, 2.75) is 44.6 Å². The summed E-state index contributed by atoms with van der Waals surface area (Å²) < 4.78 is 13.5. The van der Waals surface area contributed by atoms with Gasteiger partial charge in [-0.05, 0) is 47.0 Å². The van der Waals surface area contributed by atoms with Crippen LogP contribution in [0.25, 0.3) is 0 Å². The van der Waals surface area contributed by atoms with Gasteiger partial charge in [0, 0.05) is 18.7 Å². The van der Waals surface area contributed by atoms with Gasteiger partial charge < -0.3 is 4.90 Å². The van der Waals surface area contributed by atoms with Crippen molar-refractivity contribution in [1.82, 2.24) is 4.90 Å². The van der Waals surface area contributed by atoms with Crippen molar-refractivity contribution in [3.05, 3.63) is 34.1 Å². The molecule has 1 aromatic carbocycles. The van der Waals surface area contributed by atoms with E-state index in [1.54, 1.807) is 12.1 Å². The first kappa shape index (κ1) is 14.5. The molecule has 1 aromatic rings. The van der Waals surface area contributed by atoms with Crippen molar-refractivity contribution in [3.8, 4) is 0 Å². The van der Waals surface area contributed by atoms with E-state index in [4.69, 9.17) is 0 Å². The topological polar surface area (TPSA) is 20.3 Å². The molecule has 0 radical (unpaired) electrons. The number of halogens is 2. The first-order chi connectivity index (χ1) is 9.09. The molecule has 1 aliphatic rings. The van der Waals surface area contributed by atoms with Gasteiger partial charge in [-0.2, -0.15) is 0 Å². The summed E-state index contributed by atoms with van der Waals surface area (Å²) in [4.78, 5) is 14.2. The summed E-state index contributed by atoms with van der Waals surface area (Å²) in [6.45, 7) is 0. The highest BCUT2D eigenvalue weighted by atomic mass is 79.9. The van der Waals surface area contributed by atoms with E-state index in [0.717, 1.165) is 12.8 Å². The van der Waals surface area contributed by atoms with Crippen LogP contribution in [0.5, 0.6) is 0 Å².